The standard InChI is InChI=1S/C10H11ClN4O4/c11-9-12-2-1-7(13-9)14-3-4-15(10(18)19)6(5-14)8(16)17/h1-2,6H,3-5H2,(H,16,17)(H,18,19). The predicted molar refractivity (Wildman–Crippen MR) is 65.4 cm³/mol. The van der Waals surface area contributed by atoms with Gasteiger partial charge in [0.15, 0.2) is 0 Å². The van der Waals surface area contributed by atoms with Gasteiger partial charge >= 0.3 is 12.1 Å². The van der Waals surface area contributed by atoms with Gasteiger partial charge in [0.05, 0.1) is 6.54 Å². The maximum atomic E-state index is 11.1. The van der Waals surface area contributed by atoms with E-state index in [2.05, 4.69) is 9.97 Å². The summed E-state index contributed by atoms with van der Waals surface area (Å²) in [5, 5.41) is 18.1. The smallest absolute Gasteiger partial charge is 0.408 e. The van der Waals surface area contributed by atoms with Crippen LogP contribution in [-0.4, -0.2) is 62.8 Å². The first-order chi connectivity index (χ1) is 8.99. The second kappa shape index (κ2) is 5.27. The molecule has 1 aliphatic rings. The quantitative estimate of drug-likeness (QED) is 0.757. The number of aromatic nitrogens is 2. The first-order valence-corrected chi connectivity index (χ1v) is 5.82. The van der Waals surface area contributed by atoms with Gasteiger partial charge in [0, 0.05) is 19.3 Å². The molecule has 1 aliphatic heterocycles. The van der Waals surface area contributed by atoms with E-state index in [1.54, 1.807) is 11.0 Å². The molecular weight excluding hydrogens is 276 g/mol. The van der Waals surface area contributed by atoms with E-state index in [9.17, 15) is 9.59 Å². The maximum absolute atomic E-state index is 11.1. The summed E-state index contributed by atoms with van der Waals surface area (Å²) in [4.78, 5) is 32.4. The Morgan fingerprint density at radius 2 is 2.11 bits per heavy atom. The molecule has 1 atom stereocenters. The highest BCUT2D eigenvalue weighted by atomic mass is 35.5. The van der Waals surface area contributed by atoms with Gasteiger partial charge in [-0.15, -0.1) is 0 Å². The van der Waals surface area contributed by atoms with Crippen molar-refractivity contribution in [3.05, 3.63) is 17.5 Å². The Balaban J connectivity index is 2.19. The Morgan fingerprint density at radius 3 is 2.68 bits per heavy atom. The van der Waals surface area contributed by atoms with Crippen molar-refractivity contribution < 1.29 is 19.8 Å². The van der Waals surface area contributed by atoms with Crippen molar-refractivity contribution in [1.29, 1.82) is 0 Å². The number of hydrogen-bond acceptors (Lipinski definition) is 5. The molecule has 0 aromatic carbocycles. The summed E-state index contributed by atoms with van der Waals surface area (Å²) in [6, 6.07) is 0.473. The third kappa shape index (κ3) is 2.84. The molecule has 8 nitrogen and oxygen atoms in total. The van der Waals surface area contributed by atoms with Crippen LogP contribution >= 0.6 is 11.6 Å². The lowest BCUT2D eigenvalue weighted by Crippen LogP contribution is -2.58. The van der Waals surface area contributed by atoms with Crippen LogP contribution in [0.3, 0.4) is 0 Å². The normalized spacial score (nSPS) is 19.3. The molecule has 1 aromatic rings. The molecule has 1 aromatic heterocycles. The Hall–Kier alpha value is -2.09. The number of hydrogen-bond donors (Lipinski definition) is 2. The van der Waals surface area contributed by atoms with Crippen LogP contribution in [0, 0.1) is 0 Å². The largest absolute Gasteiger partial charge is 0.480 e. The van der Waals surface area contributed by atoms with Gasteiger partial charge in [0.2, 0.25) is 5.28 Å². The molecule has 2 heterocycles. The van der Waals surface area contributed by atoms with Gasteiger partial charge in [0.1, 0.15) is 11.9 Å². The molecule has 9 heteroatoms. The van der Waals surface area contributed by atoms with Crippen molar-refractivity contribution in [2.75, 3.05) is 24.5 Å². The number of piperazine rings is 1. The summed E-state index contributed by atoms with van der Waals surface area (Å²) in [5.74, 6) is -0.705. The second-order valence-corrected chi connectivity index (χ2v) is 4.30. The van der Waals surface area contributed by atoms with Crippen molar-refractivity contribution in [2.24, 2.45) is 0 Å². The number of anilines is 1. The Bertz CT molecular complexity index is 512. The van der Waals surface area contributed by atoms with Crippen LogP contribution in [0.1, 0.15) is 0 Å². The van der Waals surface area contributed by atoms with Crippen LogP contribution < -0.4 is 4.90 Å². The molecule has 102 valence electrons. The molecule has 2 N–H and O–H groups in total. The zero-order valence-corrected chi connectivity index (χ0v) is 10.5. The summed E-state index contributed by atoms with van der Waals surface area (Å²) in [6.45, 7) is 0.465. The van der Waals surface area contributed by atoms with Crippen LogP contribution in [0.15, 0.2) is 12.3 Å². The van der Waals surface area contributed by atoms with E-state index in [0.29, 0.717) is 12.4 Å². The summed E-state index contributed by atoms with van der Waals surface area (Å²) >= 11 is 5.67. The predicted octanol–water partition coefficient (Wildman–Crippen LogP) is 0.383. The number of carbonyl (C=O) groups is 2. The minimum Gasteiger partial charge on any atom is -0.480 e. The molecule has 1 saturated heterocycles. The summed E-state index contributed by atoms with van der Waals surface area (Å²) < 4.78 is 0. The molecule has 1 unspecified atom stereocenters. The summed E-state index contributed by atoms with van der Waals surface area (Å²) in [6.07, 6.45) is 0.220. The molecule has 0 radical (unpaired) electrons. The van der Waals surface area contributed by atoms with Gasteiger partial charge in [0.25, 0.3) is 0 Å². The number of carboxylic acids is 1. The van der Waals surface area contributed by atoms with Gasteiger partial charge in [-0.25, -0.2) is 19.6 Å². The van der Waals surface area contributed by atoms with Crippen molar-refractivity contribution in [3.63, 3.8) is 0 Å². The average Bonchev–Trinajstić information content (AvgIpc) is 2.37. The molecule has 0 saturated carbocycles. The third-order valence-corrected chi connectivity index (χ3v) is 3.03. The Morgan fingerprint density at radius 1 is 1.37 bits per heavy atom. The molecule has 1 amide bonds. The molecule has 0 bridgehead atoms. The Labute approximate surface area is 113 Å². The van der Waals surface area contributed by atoms with Gasteiger partial charge in [-0.3, -0.25) is 4.90 Å². The van der Waals surface area contributed by atoms with Crippen LogP contribution in [0.4, 0.5) is 10.6 Å². The number of aliphatic carboxylic acids is 1. The van der Waals surface area contributed by atoms with E-state index in [4.69, 9.17) is 21.8 Å². The van der Waals surface area contributed by atoms with E-state index in [1.165, 1.54) is 6.20 Å². The lowest BCUT2D eigenvalue weighted by Gasteiger charge is -2.38. The number of halogens is 1. The lowest BCUT2D eigenvalue weighted by molar-refractivity contribution is -0.142. The van der Waals surface area contributed by atoms with Crippen molar-refractivity contribution >= 4 is 29.5 Å². The monoisotopic (exact) mass is 286 g/mol. The number of nitrogens with zero attached hydrogens (tertiary/aromatic N) is 4. The molecule has 2 rings (SSSR count). The van der Waals surface area contributed by atoms with Crippen LogP contribution in [0.2, 0.25) is 5.28 Å². The fraction of sp³-hybridized carbons (Fsp3) is 0.400. The number of amides is 1. The van der Waals surface area contributed by atoms with Gasteiger partial charge in [-0.1, -0.05) is 0 Å². The van der Waals surface area contributed by atoms with E-state index >= 15 is 0 Å². The second-order valence-electron chi connectivity index (χ2n) is 3.96. The van der Waals surface area contributed by atoms with Gasteiger partial charge in [-0.05, 0) is 17.7 Å². The highest BCUT2D eigenvalue weighted by molar-refractivity contribution is 6.28. The molecule has 0 aliphatic carbocycles. The van der Waals surface area contributed by atoms with E-state index in [1.807, 2.05) is 0 Å². The zero-order valence-electron chi connectivity index (χ0n) is 9.73. The summed E-state index contributed by atoms with van der Waals surface area (Å²) in [5.41, 5.74) is 0. The van der Waals surface area contributed by atoms with E-state index in [0.717, 1.165) is 4.90 Å². The van der Waals surface area contributed by atoms with Crippen molar-refractivity contribution in [3.8, 4) is 0 Å². The van der Waals surface area contributed by atoms with Gasteiger partial charge < -0.3 is 15.1 Å². The van der Waals surface area contributed by atoms with E-state index < -0.39 is 18.1 Å². The van der Waals surface area contributed by atoms with Crippen LogP contribution in [-0.2, 0) is 4.79 Å². The lowest BCUT2D eigenvalue weighted by atomic mass is 10.2. The fourth-order valence-corrected chi connectivity index (χ4v) is 2.08. The molecular formula is C10H11ClN4O4. The van der Waals surface area contributed by atoms with Crippen LogP contribution in [0.25, 0.3) is 0 Å². The summed E-state index contributed by atoms with van der Waals surface area (Å²) in [7, 11) is 0. The average molecular weight is 287 g/mol. The molecule has 19 heavy (non-hydrogen) atoms. The third-order valence-electron chi connectivity index (χ3n) is 2.85. The maximum Gasteiger partial charge on any atom is 0.408 e. The SMILES string of the molecule is O=C(O)C1CN(c2ccnc(Cl)n2)CCN1C(=O)O. The molecule has 0 spiro atoms. The minimum absolute atomic E-state index is 0.0228. The van der Waals surface area contributed by atoms with Crippen molar-refractivity contribution in [1.82, 2.24) is 14.9 Å². The highest BCUT2D eigenvalue weighted by Crippen LogP contribution is 2.18. The first-order valence-electron chi connectivity index (χ1n) is 5.45. The Kier molecular flexibility index (Phi) is 3.70. The highest BCUT2D eigenvalue weighted by Gasteiger charge is 2.35. The van der Waals surface area contributed by atoms with Gasteiger partial charge in [-0.2, -0.15) is 0 Å². The van der Waals surface area contributed by atoms with E-state index in [-0.39, 0.29) is 18.4 Å². The molecule has 1 fully saturated rings. The zero-order chi connectivity index (χ0) is 14.0. The minimum atomic E-state index is -1.24. The number of rotatable bonds is 2. The topological polar surface area (TPSA) is 107 Å². The number of carboxylic acid groups (broad SMARTS) is 2. The first kappa shape index (κ1) is 13.3. The van der Waals surface area contributed by atoms with Crippen molar-refractivity contribution in [2.45, 2.75) is 6.04 Å². The van der Waals surface area contributed by atoms with Crippen LogP contribution in [0.5, 0.6) is 0 Å². The fourth-order valence-electron chi connectivity index (χ4n) is 1.93.